The van der Waals surface area contributed by atoms with Crippen LogP contribution in [0.1, 0.15) is 38.5 Å². The monoisotopic (exact) mass is 150 g/mol. The van der Waals surface area contributed by atoms with Crippen LogP contribution >= 0.6 is 0 Å². The van der Waals surface area contributed by atoms with E-state index >= 15 is 0 Å². The van der Waals surface area contributed by atoms with Gasteiger partial charge in [0.1, 0.15) is 5.78 Å². The van der Waals surface area contributed by atoms with Crippen molar-refractivity contribution in [3.05, 3.63) is 0 Å². The summed E-state index contributed by atoms with van der Waals surface area (Å²) in [6, 6.07) is 0. The van der Waals surface area contributed by atoms with E-state index in [0.29, 0.717) is 5.78 Å². The minimum Gasteiger partial charge on any atom is -0.299 e. The number of hydrogen-bond donors (Lipinski definition) is 0. The minimum atomic E-state index is 0.253. The molecule has 4 aliphatic carbocycles. The van der Waals surface area contributed by atoms with Crippen molar-refractivity contribution in [2.45, 2.75) is 38.5 Å². The van der Waals surface area contributed by atoms with Gasteiger partial charge in [-0.3, -0.25) is 4.79 Å². The van der Waals surface area contributed by atoms with Crippen molar-refractivity contribution in [3.8, 4) is 0 Å². The molecule has 4 rings (SSSR count). The summed E-state index contributed by atoms with van der Waals surface area (Å²) in [7, 11) is 0. The summed E-state index contributed by atoms with van der Waals surface area (Å²) >= 11 is 0. The van der Waals surface area contributed by atoms with Gasteiger partial charge in [0.25, 0.3) is 0 Å². The summed E-state index contributed by atoms with van der Waals surface area (Å²) in [6.45, 7) is 0. The van der Waals surface area contributed by atoms with Crippen molar-refractivity contribution >= 4 is 5.78 Å². The number of fused-ring (bicyclic) bond motifs is 1. The van der Waals surface area contributed by atoms with Gasteiger partial charge in [0.05, 0.1) is 0 Å². The molecule has 0 aliphatic heterocycles. The quantitative estimate of drug-likeness (QED) is 0.517. The molecule has 3 atom stereocenters. The first-order valence-electron chi connectivity index (χ1n) is 4.86. The van der Waals surface area contributed by atoms with Crippen molar-refractivity contribution in [1.82, 2.24) is 0 Å². The molecule has 1 spiro atoms. The average Bonchev–Trinajstić information content (AvgIpc) is 2.41. The van der Waals surface area contributed by atoms with E-state index in [1.165, 1.54) is 32.1 Å². The van der Waals surface area contributed by atoms with Crippen LogP contribution < -0.4 is 0 Å². The predicted molar refractivity (Wildman–Crippen MR) is 42.1 cm³/mol. The number of rotatable bonds is 0. The summed E-state index contributed by atoms with van der Waals surface area (Å²) in [5.74, 6) is 2.28. The largest absolute Gasteiger partial charge is 0.299 e. The van der Waals surface area contributed by atoms with Gasteiger partial charge in [0.15, 0.2) is 0 Å². The Morgan fingerprint density at radius 3 is 3.00 bits per heavy atom. The highest BCUT2D eigenvalue weighted by Gasteiger charge is 2.64. The first kappa shape index (κ1) is 6.22. The predicted octanol–water partition coefficient (Wildman–Crippen LogP) is 2.16. The fraction of sp³-hybridized carbons (Fsp3) is 0.900. The van der Waals surface area contributed by atoms with Crippen molar-refractivity contribution in [2.24, 2.45) is 17.3 Å². The maximum absolute atomic E-state index is 11.6. The Kier molecular flexibility index (Phi) is 0.961. The highest BCUT2D eigenvalue weighted by atomic mass is 16.1. The van der Waals surface area contributed by atoms with E-state index in [2.05, 4.69) is 0 Å². The van der Waals surface area contributed by atoms with Gasteiger partial charge in [0, 0.05) is 11.8 Å². The molecule has 0 saturated heterocycles. The molecule has 60 valence electrons. The molecule has 1 unspecified atom stereocenters. The van der Waals surface area contributed by atoms with Crippen LogP contribution in [-0.4, -0.2) is 5.78 Å². The van der Waals surface area contributed by atoms with Crippen LogP contribution in [0.4, 0.5) is 0 Å². The third kappa shape index (κ3) is 0.533. The van der Waals surface area contributed by atoms with E-state index < -0.39 is 0 Å². The number of ketones is 1. The molecule has 0 aromatic rings. The fourth-order valence-corrected chi connectivity index (χ4v) is 3.77. The van der Waals surface area contributed by atoms with E-state index in [0.717, 1.165) is 18.3 Å². The smallest absolute Gasteiger partial charge is 0.139 e. The summed E-state index contributed by atoms with van der Waals surface area (Å²) in [5, 5.41) is 0. The standard InChI is InChI=1S/C10H14O/c11-9-5-7-6-10(9)4-2-1-3-8(7)10/h7-8H,1-6H2/t7-,8?,10+/m0/s1. The van der Waals surface area contributed by atoms with Crippen LogP contribution in [-0.2, 0) is 4.79 Å². The second-order valence-electron chi connectivity index (χ2n) is 4.60. The lowest BCUT2D eigenvalue weighted by atomic mass is 9.54. The number of carbonyl (C=O) groups excluding carboxylic acids is 1. The zero-order chi connectivity index (χ0) is 7.47. The molecule has 1 heteroatoms. The van der Waals surface area contributed by atoms with Crippen LogP contribution in [0.5, 0.6) is 0 Å². The normalized spacial score (nSPS) is 53.6. The number of hydrogen-bond acceptors (Lipinski definition) is 1. The van der Waals surface area contributed by atoms with Gasteiger partial charge >= 0.3 is 0 Å². The van der Waals surface area contributed by atoms with E-state index in [-0.39, 0.29) is 5.41 Å². The van der Waals surface area contributed by atoms with E-state index in [1.807, 2.05) is 0 Å². The van der Waals surface area contributed by atoms with Crippen LogP contribution in [0.25, 0.3) is 0 Å². The average molecular weight is 150 g/mol. The first-order chi connectivity index (χ1) is 5.33. The second-order valence-corrected chi connectivity index (χ2v) is 4.60. The molecule has 0 radical (unpaired) electrons. The zero-order valence-electron chi connectivity index (χ0n) is 6.81. The molecular weight excluding hydrogens is 136 g/mol. The summed E-state index contributed by atoms with van der Waals surface area (Å²) in [4.78, 5) is 11.6. The molecule has 4 saturated carbocycles. The summed E-state index contributed by atoms with van der Waals surface area (Å²) in [5.41, 5.74) is 0.253. The Balaban J connectivity index is 1.99. The Labute approximate surface area is 67.2 Å². The lowest BCUT2D eigenvalue weighted by Crippen LogP contribution is -2.45. The van der Waals surface area contributed by atoms with Gasteiger partial charge in [-0.15, -0.1) is 0 Å². The first-order valence-corrected chi connectivity index (χ1v) is 4.86. The molecule has 0 heterocycles. The second kappa shape index (κ2) is 1.70. The van der Waals surface area contributed by atoms with Crippen molar-refractivity contribution in [3.63, 3.8) is 0 Å². The molecule has 11 heavy (non-hydrogen) atoms. The van der Waals surface area contributed by atoms with Crippen LogP contribution in [0, 0.1) is 17.3 Å². The Hall–Kier alpha value is -0.330. The van der Waals surface area contributed by atoms with Gasteiger partial charge < -0.3 is 0 Å². The molecule has 4 aliphatic rings. The minimum absolute atomic E-state index is 0.253. The van der Waals surface area contributed by atoms with Crippen LogP contribution in [0.15, 0.2) is 0 Å². The fourth-order valence-electron chi connectivity index (χ4n) is 3.77. The summed E-state index contributed by atoms with van der Waals surface area (Å²) in [6.07, 6.45) is 7.48. The lowest BCUT2D eigenvalue weighted by molar-refractivity contribution is -0.132. The van der Waals surface area contributed by atoms with Gasteiger partial charge in [-0.2, -0.15) is 0 Å². The van der Waals surface area contributed by atoms with Gasteiger partial charge in [-0.25, -0.2) is 0 Å². The molecule has 1 nitrogen and oxygen atoms in total. The zero-order valence-corrected chi connectivity index (χ0v) is 6.81. The van der Waals surface area contributed by atoms with E-state index in [4.69, 9.17) is 0 Å². The molecule has 0 N–H and O–H groups in total. The molecule has 2 bridgehead atoms. The Morgan fingerprint density at radius 2 is 2.27 bits per heavy atom. The molecule has 0 aromatic carbocycles. The molecule has 0 aromatic heterocycles. The van der Waals surface area contributed by atoms with Crippen molar-refractivity contribution in [1.29, 1.82) is 0 Å². The van der Waals surface area contributed by atoms with E-state index in [1.54, 1.807) is 0 Å². The Bertz CT molecular complexity index is 221. The molecule has 0 amide bonds. The summed E-state index contributed by atoms with van der Waals surface area (Å²) < 4.78 is 0. The topological polar surface area (TPSA) is 17.1 Å². The molecular formula is C10H14O. The lowest BCUT2D eigenvalue weighted by Gasteiger charge is -2.49. The van der Waals surface area contributed by atoms with Gasteiger partial charge in [-0.05, 0) is 31.1 Å². The maximum atomic E-state index is 11.6. The number of Topliss-reactive ketones (excluding diaryl/α,β-unsaturated/α-hetero) is 1. The Morgan fingerprint density at radius 1 is 1.36 bits per heavy atom. The van der Waals surface area contributed by atoms with Crippen LogP contribution in [0.2, 0.25) is 0 Å². The number of carbonyl (C=O) groups is 1. The highest BCUT2D eigenvalue weighted by Crippen LogP contribution is 2.66. The third-order valence-electron chi connectivity index (χ3n) is 4.30. The van der Waals surface area contributed by atoms with E-state index in [9.17, 15) is 4.79 Å². The van der Waals surface area contributed by atoms with Gasteiger partial charge in [0.2, 0.25) is 0 Å². The van der Waals surface area contributed by atoms with Gasteiger partial charge in [-0.1, -0.05) is 12.8 Å². The third-order valence-corrected chi connectivity index (χ3v) is 4.30. The van der Waals surface area contributed by atoms with Crippen LogP contribution in [0.3, 0.4) is 0 Å². The van der Waals surface area contributed by atoms with Crippen molar-refractivity contribution in [2.75, 3.05) is 0 Å². The highest BCUT2D eigenvalue weighted by molar-refractivity contribution is 5.90. The van der Waals surface area contributed by atoms with Crippen molar-refractivity contribution < 1.29 is 4.79 Å². The maximum Gasteiger partial charge on any atom is 0.139 e. The molecule has 4 fully saturated rings. The SMILES string of the molecule is O=C1C[C@H]2C[C@@]13CCCCC23.